The number of aromatic nitrogens is 1. The number of rotatable bonds is 1. The third kappa shape index (κ3) is 1.54. The minimum Gasteiger partial charge on any atom is -0.258 e. The number of pyridine rings is 1. The third-order valence-electron chi connectivity index (χ3n) is 1.77. The van der Waals surface area contributed by atoms with Gasteiger partial charge in [-0.3, -0.25) is 4.98 Å². The maximum Gasteiger partial charge on any atom is 0.0440 e. The second-order valence-electron chi connectivity index (χ2n) is 2.68. The van der Waals surface area contributed by atoms with Crippen molar-refractivity contribution < 1.29 is 0 Å². The monoisotopic (exact) mass is 162 g/mol. The highest BCUT2D eigenvalue weighted by atomic mass is 15.1. The summed E-state index contributed by atoms with van der Waals surface area (Å²) < 4.78 is 0. The summed E-state index contributed by atoms with van der Waals surface area (Å²) in [5, 5.41) is 3.57. The Morgan fingerprint density at radius 2 is 2.08 bits per heavy atom. The third-order valence-corrected chi connectivity index (χ3v) is 1.77. The van der Waals surface area contributed by atoms with Crippen molar-refractivity contribution >= 4 is 5.69 Å². The van der Waals surface area contributed by atoms with Crippen molar-refractivity contribution in [1.29, 1.82) is 0 Å². The van der Waals surface area contributed by atoms with Crippen LogP contribution in [0.1, 0.15) is 17.0 Å². The molecule has 0 fully saturated rings. The van der Waals surface area contributed by atoms with Crippen molar-refractivity contribution in [2.45, 2.75) is 20.8 Å². The SMILES string of the molecule is Cc1cc(N=[N+]=[N-])c(C)c(C)n1. The molecular formula is C8H10N4. The van der Waals surface area contributed by atoms with Crippen LogP contribution in [0.15, 0.2) is 11.2 Å². The van der Waals surface area contributed by atoms with Gasteiger partial charge in [-0.1, -0.05) is 5.11 Å². The molecule has 4 nitrogen and oxygen atoms in total. The molecule has 0 aromatic carbocycles. The van der Waals surface area contributed by atoms with Gasteiger partial charge in [-0.25, -0.2) is 0 Å². The lowest BCUT2D eigenvalue weighted by molar-refractivity contribution is 1.08. The number of aryl methyl sites for hydroxylation is 2. The Balaban J connectivity index is 3.36. The highest BCUT2D eigenvalue weighted by Gasteiger charge is 2.00. The fourth-order valence-electron chi connectivity index (χ4n) is 1.02. The van der Waals surface area contributed by atoms with E-state index in [1.54, 1.807) is 6.07 Å². The lowest BCUT2D eigenvalue weighted by atomic mass is 10.2. The molecule has 0 unspecified atom stereocenters. The summed E-state index contributed by atoms with van der Waals surface area (Å²) in [6, 6.07) is 1.78. The number of hydrogen-bond donors (Lipinski definition) is 0. The first kappa shape index (κ1) is 8.56. The lowest BCUT2D eigenvalue weighted by Crippen LogP contribution is -1.89. The molecule has 0 amide bonds. The first-order valence-electron chi connectivity index (χ1n) is 3.65. The van der Waals surface area contributed by atoms with Crippen molar-refractivity contribution in [1.82, 2.24) is 4.98 Å². The van der Waals surface area contributed by atoms with Crippen LogP contribution in [0.2, 0.25) is 0 Å². The maximum absolute atomic E-state index is 8.26. The molecule has 0 spiro atoms. The van der Waals surface area contributed by atoms with Gasteiger partial charge in [0.15, 0.2) is 0 Å². The fraction of sp³-hybridized carbons (Fsp3) is 0.375. The predicted molar refractivity (Wildman–Crippen MR) is 47.3 cm³/mol. The Morgan fingerprint density at radius 3 is 2.67 bits per heavy atom. The molecule has 1 aromatic rings. The lowest BCUT2D eigenvalue weighted by Gasteiger charge is -2.03. The molecule has 4 heteroatoms. The van der Waals surface area contributed by atoms with Gasteiger partial charge in [0.05, 0.1) is 0 Å². The first-order valence-corrected chi connectivity index (χ1v) is 3.65. The van der Waals surface area contributed by atoms with E-state index >= 15 is 0 Å². The van der Waals surface area contributed by atoms with Crippen LogP contribution >= 0.6 is 0 Å². The zero-order chi connectivity index (χ0) is 9.14. The standard InChI is InChI=1S/C8H10N4/c1-5-4-8(11-12-9)6(2)7(3)10-5/h4H,1-3H3. The van der Waals surface area contributed by atoms with Gasteiger partial charge in [-0.05, 0) is 37.9 Å². The second-order valence-corrected chi connectivity index (χ2v) is 2.68. The summed E-state index contributed by atoms with van der Waals surface area (Å²) in [4.78, 5) is 6.98. The molecule has 1 aromatic heterocycles. The van der Waals surface area contributed by atoms with Crippen LogP contribution in [0.3, 0.4) is 0 Å². The van der Waals surface area contributed by atoms with Crippen molar-refractivity contribution in [2.75, 3.05) is 0 Å². The van der Waals surface area contributed by atoms with Gasteiger partial charge in [-0.2, -0.15) is 0 Å². The molecule has 12 heavy (non-hydrogen) atoms. The van der Waals surface area contributed by atoms with Crippen LogP contribution < -0.4 is 0 Å². The summed E-state index contributed by atoms with van der Waals surface area (Å²) in [7, 11) is 0. The predicted octanol–water partition coefficient (Wildman–Crippen LogP) is 2.95. The van der Waals surface area contributed by atoms with E-state index in [-0.39, 0.29) is 0 Å². The normalized spacial score (nSPS) is 9.25. The summed E-state index contributed by atoms with van der Waals surface area (Å²) in [6.07, 6.45) is 0. The molecule has 0 saturated heterocycles. The molecule has 0 bridgehead atoms. The Morgan fingerprint density at radius 1 is 1.42 bits per heavy atom. The minimum absolute atomic E-state index is 0.669. The molecule has 0 aliphatic heterocycles. The van der Waals surface area contributed by atoms with E-state index in [1.165, 1.54) is 0 Å². The van der Waals surface area contributed by atoms with Crippen molar-refractivity contribution in [3.05, 3.63) is 33.5 Å². The second kappa shape index (κ2) is 3.24. The van der Waals surface area contributed by atoms with E-state index in [4.69, 9.17) is 5.53 Å². The molecule has 0 saturated carbocycles. The van der Waals surface area contributed by atoms with E-state index in [1.807, 2.05) is 20.8 Å². The Kier molecular flexibility index (Phi) is 2.31. The van der Waals surface area contributed by atoms with E-state index in [0.29, 0.717) is 5.69 Å². The van der Waals surface area contributed by atoms with Crippen molar-refractivity contribution in [3.63, 3.8) is 0 Å². The number of nitrogens with zero attached hydrogens (tertiary/aromatic N) is 4. The first-order chi connectivity index (χ1) is 5.65. The van der Waals surface area contributed by atoms with Crippen LogP contribution in [0.5, 0.6) is 0 Å². The zero-order valence-electron chi connectivity index (χ0n) is 7.37. The molecule has 1 rings (SSSR count). The van der Waals surface area contributed by atoms with Gasteiger partial charge in [0, 0.05) is 22.0 Å². The highest BCUT2D eigenvalue weighted by Crippen LogP contribution is 2.21. The average molecular weight is 162 g/mol. The van der Waals surface area contributed by atoms with Gasteiger partial charge in [0.1, 0.15) is 0 Å². The van der Waals surface area contributed by atoms with Gasteiger partial charge < -0.3 is 0 Å². The largest absolute Gasteiger partial charge is 0.258 e. The average Bonchev–Trinajstić information content (AvgIpc) is 2.00. The maximum atomic E-state index is 8.26. The van der Waals surface area contributed by atoms with Crippen LogP contribution in [0.4, 0.5) is 5.69 Å². The van der Waals surface area contributed by atoms with Crippen LogP contribution in [0.25, 0.3) is 10.4 Å². The molecule has 0 N–H and O–H groups in total. The van der Waals surface area contributed by atoms with E-state index in [0.717, 1.165) is 17.0 Å². The Labute approximate surface area is 70.9 Å². The zero-order valence-corrected chi connectivity index (χ0v) is 7.37. The summed E-state index contributed by atoms with van der Waals surface area (Å²) >= 11 is 0. The summed E-state index contributed by atoms with van der Waals surface area (Å²) in [5.41, 5.74) is 11.7. The van der Waals surface area contributed by atoms with Crippen LogP contribution in [-0.4, -0.2) is 4.98 Å². The minimum atomic E-state index is 0.669. The Hall–Kier alpha value is -1.54. The molecule has 62 valence electrons. The van der Waals surface area contributed by atoms with Crippen LogP contribution in [0, 0.1) is 20.8 Å². The van der Waals surface area contributed by atoms with Crippen LogP contribution in [-0.2, 0) is 0 Å². The summed E-state index contributed by atoms with van der Waals surface area (Å²) in [6.45, 7) is 5.67. The molecule has 1 heterocycles. The van der Waals surface area contributed by atoms with Crippen molar-refractivity contribution in [3.8, 4) is 0 Å². The molecule has 0 radical (unpaired) electrons. The topological polar surface area (TPSA) is 61.7 Å². The van der Waals surface area contributed by atoms with E-state index < -0.39 is 0 Å². The highest BCUT2D eigenvalue weighted by molar-refractivity contribution is 5.47. The smallest absolute Gasteiger partial charge is 0.0440 e. The molecular weight excluding hydrogens is 152 g/mol. The van der Waals surface area contributed by atoms with Gasteiger partial charge in [-0.15, -0.1) is 0 Å². The Bertz CT molecular complexity index is 350. The van der Waals surface area contributed by atoms with Gasteiger partial charge >= 0.3 is 0 Å². The molecule has 0 aliphatic rings. The van der Waals surface area contributed by atoms with Gasteiger partial charge in [0.25, 0.3) is 0 Å². The van der Waals surface area contributed by atoms with Crippen molar-refractivity contribution in [2.24, 2.45) is 5.11 Å². The van der Waals surface area contributed by atoms with E-state index in [9.17, 15) is 0 Å². The molecule has 0 aliphatic carbocycles. The van der Waals surface area contributed by atoms with E-state index in [2.05, 4.69) is 15.0 Å². The van der Waals surface area contributed by atoms with Gasteiger partial charge in [0.2, 0.25) is 0 Å². The fourth-order valence-corrected chi connectivity index (χ4v) is 1.02. The summed E-state index contributed by atoms with van der Waals surface area (Å²) in [5.74, 6) is 0. The number of hydrogen-bond acceptors (Lipinski definition) is 2. The number of azide groups is 1. The quantitative estimate of drug-likeness (QED) is 0.355. The molecule has 0 atom stereocenters.